The van der Waals surface area contributed by atoms with Gasteiger partial charge in [-0.1, -0.05) is 4.57 Å². The molecule has 0 bridgehead atoms. The SMILES string of the molecule is NC1NC(C2O[C@H](CO)[C@@H](O)[C@H]2O)=C([P+](=O)[O-])C(N)N1N. The second-order valence-electron chi connectivity index (χ2n) is 4.80. The van der Waals surface area contributed by atoms with Crippen LogP contribution in [0.3, 0.4) is 0 Å². The quantitative estimate of drug-likeness (QED) is 0.193. The van der Waals surface area contributed by atoms with Crippen molar-refractivity contribution in [2.75, 3.05) is 6.61 Å². The first-order valence-corrected chi connectivity index (χ1v) is 7.29. The number of nitrogens with one attached hydrogen (secondary N) is 1. The first-order chi connectivity index (χ1) is 9.79. The summed E-state index contributed by atoms with van der Waals surface area (Å²) in [4.78, 5) is 11.4. The van der Waals surface area contributed by atoms with E-state index in [1.54, 1.807) is 0 Å². The van der Waals surface area contributed by atoms with E-state index in [0.717, 1.165) is 5.01 Å². The molecule has 2 aliphatic rings. The summed E-state index contributed by atoms with van der Waals surface area (Å²) in [5.74, 6) is 5.55. The van der Waals surface area contributed by atoms with Gasteiger partial charge in [0.15, 0.2) is 0 Å². The second kappa shape index (κ2) is 6.18. The molecule has 1 saturated heterocycles. The number of aliphatic hydroxyl groups is 3. The standard InChI is InChI=1S/C9H18N5O6P/c10-8-7(21(18)19)3(13-9(11)14(8)12)6-5(17)4(16)2(1-15)20-6/h2,4-6,8-9,13,15-17H,1,10-12H2/t2-,4-,5-,6?,8?,9?/m1/s1. The maximum absolute atomic E-state index is 11.4. The highest BCUT2D eigenvalue weighted by molar-refractivity contribution is 7.41. The van der Waals surface area contributed by atoms with Crippen molar-refractivity contribution in [3.8, 4) is 0 Å². The molecule has 2 rings (SSSR count). The summed E-state index contributed by atoms with van der Waals surface area (Å²) in [5.41, 5.74) is 11.3. The fourth-order valence-electron chi connectivity index (χ4n) is 2.35. The Bertz CT molecular complexity index is 464. The van der Waals surface area contributed by atoms with E-state index in [4.69, 9.17) is 27.2 Å². The van der Waals surface area contributed by atoms with Gasteiger partial charge in [-0.25, -0.2) is 0 Å². The van der Waals surface area contributed by atoms with Crippen molar-refractivity contribution in [2.24, 2.45) is 17.3 Å². The Kier molecular flexibility index (Phi) is 4.90. The molecule has 4 unspecified atom stereocenters. The zero-order valence-corrected chi connectivity index (χ0v) is 11.8. The van der Waals surface area contributed by atoms with Crippen molar-refractivity contribution in [1.82, 2.24) is 10.3 Å². The number of nitrogens with zero attached hydrogens (tertiary/aromatic N) is 1. The molecular weight excluding hydrogens is 305 g/mol. The lowest BCUT2D eigenvalue weighted by molar-refractivity contribution is -0.163. The molecule has 0 aromatic carbocycles. The number of nitrogens with two attached hydrogens (primary N) is 3. The first-order valence-electron chi connectivity index (χ1n) is 6.11. The number of ether oxygens (including phenoxy) is 1. The zero-order chi connectivity index (χ0) is 15.9. The Hall–Kier alpha value is -0.720. The Morgan fingerprint density at radius 3 is 2.48 bits per heavy atom. The molecule has 0 aliphatic carbocycles. The third kappa shape index (κ3) is 2.81. The van der Waals surface area contributed by atoms with Crippen molar-refractivity contribution in [1.29, 1.82) is 0 Å². The van der Waals surface area contributed by atoms with Gasteiger partial charge in [0.25, 0.3) is 0 Å². The van der Waals surface area contributed by atoms with E-state index in [9.17, 15) is 19.7 Å². The molecule has 12 heteroatoms. The van der Waals surface area contributed by atoms with Crippen LogP contribution < -0.4 is 27.5 Å². The van der Waals surface area contributed by atoms with Gasteiger partial charge in [0.2, 0.25) is 5.31 Å². The van der Waals surface area contributed by atoms with Crippen molar-refractivity contribution in [3.05, 3.63) is 11.0 Å². The van der Waals surface area contributed by atoms with Crippen LogP contribution in [0.4, 0.5) is 0 Å². The summed E-state index contributed by atoms with van der Waals surface area (Å²) in [6.07, 6.45) is -7.31. The molecule has 2 heterocycles. The van der Waals surface area contributed by atoms with E-state index in [-0.39, 0.29) is 11.0 Å². The van der Waals surface area contributed by atoms with Gasteiger partial charge in [0, 0.05) is 0 Å². The van der Waals surface area contributed by atoms with Crippen LogP contribution >= 0.6 is 8.03 Å². The lowest BCUT2D eigenvalue weighted by atomic mass is 10.0. The van der Waals surface area contributed by atoms with Crippen LogP contribution in [-0.2, 0) is 9.30 Å². The predicted molar refractivity (Wildman–Crippen MR) is 67.5 cm³/mol. The predicted octanol–water partition coefficient (Wildman–Crippen LogP) is -4.91. The molecule has 0 spiro atoms. The highest BCUT2D eigenvalue weighted by Crippen LogP contribution is 2.36. The van der Waals surface area contributed by atoms with Crippen molar-refractivity contribution >= 4 is 8.03 Å². The number of hydrogen-bond acceptors (Lipinski definition) is 11. The number of hydrogen-bond donors (Lipinski definition) is 7. The van der Waals surface area contributed by atoms with Crippen LogP contribution in [0, 0.1) is 0 Å². The van der Waals surface area contributed by atoms with Gasteiger partial charge < -0.3 is 36.0 Å². The average Bonchev–Trinajstić information content (AvgIpc) is 2.71. The van der Waals surface area contributed by atoms with Gasteiger partial charge >= 0.3 is 8.03 Å². The van der Waals surface area contributed by atoms with E-state index in [1.165, 1.54) is 0 Å². The minimum absolute atomic E-state index is 0.0738. The van der Waals surface area contributed by atoms with Crippen LogP contribution in [0.1, 0.15) is 0 Å². The van der Waals surface area contributed by atoms with E-state index < -0.39 is 51.5 Å². The van der Waals surface area contributed by atoms with Crippen LogP contribution in [-0.4, -0.2) is 63.8 Å². The van der Waals surface area contributed by atoms with E-state index >= 15 is 0 Å². The minimum atomic E-state index is -3.13. The maximum atomic E-state index is 11.4. The fourth-order valence-corrected chi connectivity index (χ4v) is 3.09. The molecule has 10 N–H and O–H groups in total. The molecule has 2 aliphatic heterocycles. The van der Waals surface area contributed by atoms with E-state index in [0.29, 0.717) is 0 Å². The molecule has 0 radical (unpaired) electrons. The first kappa shape index (κ1) is 16.6. The van der Waals surface area contributed by atoms with Gasteiger partial charge in [0.1, 0.15) is 36.9 Å². The molecule has 11 nitrogen and oxygen atoms in total. The van der Waals surface area contributed by atoms with Gasteiger partial charge in [0.05, 0.1) is 12.3 Å². The Morgan fingerprint density at radius 1 is 1.38 bits per heavy atom. The molecular formula is C9H18N5O6P. The highest BCUT2D eigenvalue weighted by atomic mass is 31.1. The van der Waals surface area contributed by atoms with E-state index in [1.807, 2.05) is 0 Å². The van der Waals surface area contributed by atoms with Crippen molar-refractivity contribution in [3.63, 3.8) is 0 Å². The summed E-state index contributed by atoms with van der Waals surface area (Å²) in [5, 5.41) is 31.9. The summed E-state index contributed by atoms with van der Waals surface area (Å²) in [6.45, 7) is -0.540. The monoisotopic (exact) mass is 323 g/mol. The van der Waals surface area contributed by atoms with Crippen molar-refractivity contribution < 1.29 is 29.5 Å². The van der Waals surface area contributed by atoms with Crippen LogP contribution in [0.25, 0.3) is 0 Å². The minimum Gasteiger partial charge on any atom is -0.591 e. The summed E-state index contributed by atoms with van der Waals surface area (Å²) in [6, 6.07) is 0. The molecule has 21 heavy (non-hydrogen) atoms. The van der Waals surface area contributed by atoms with Crippen LogP contribution in [0.2, 0.25) is 0 Å². The van der Waals surface area contributed by atoms with E-state index in [2.05, 4.69) is 5.32 Å². The molecule has 0 aromatic rings. The number of rotatable bonds is 3. The molecule has 0 saturated carbocycles. The Balaban J connectivity index is 2.41. The maximum Gasteiger partial charge on any atom is 0.349 e. The van der Waals surface area contributed by atoms with Crippen molar-refractivity contribution in [2.45, 2.75) is 36.9 Å². The Morgan fingerprint density at radius 2 is 2.00 bits per heavy atom. The number of hydrazine groups is 1. The van der Waals surface area contributed by atoms with Crippen LogP contribution in [0.15, 0.2) is 11.0 Å². The lowest BCUT2D eigenvalue weighted by Crippen LogP contribution is -2.66. The second-order valence-corrected chi connectivity index (χ2v) is 5.79. The molecule has 7 atom stereocenters. The summed E-state index contributed by atoms with van der Waals surface area (Å²) < 4.78 is 16.7. The Labute approximate surface area is 120 Å². The third-order valence-electron chi connectivity index (χ3n) is 3.53. The molecule has 0 aromatic heterocycles. The lowest BCUT2D eigenvalue weighted by Gasteiger charge is -2.37. The smallest absolute Gasteiger partial charge is 0.349 e. The highest BCUT2D eigenvalue weighted by Gasteiger charge is 2.49. The normalized spacial score (nSPS) is 42.1. The van der Waals surface area contributed by atoms with Crippen LogP contribution in [0.5, 0.6) is 0 Å². The van der Waals surface area contributed by atoms with Gasteiger partial charge in [-0.05, 0) is 0 Å². The molecule has 0 amide bonds. The van der Waals surface area contributed by atoms with Gasteiger partial charge in [-0.3, -0.25) is 11.6 Å². The van der Waals surface area contributed by atoms with Gasteiger partial charge in [-0.15, -0.1) is 0 Å². The molecule has 1 fully saturated rings. The topological polar surface area (TPSA) is 203 Å². The molecule has 120 valence electrons. The summed E-state index contributed by atoms with van der Waals surface area (Å²) >= 11 is 0. The fraction of sp³-hybridized carbons (Fsp3) is 0.778. The average molecular weight is 323 g/mol. The third-order valence-corrected chi connectivity index (χ3v) is 4.42. The zero-order valence-electron chi connectivity index (χ0n) is 10.9. The van der Waals surface area contributed by atoms with Gasteiger partial charge in [-0.2, -0.15) is 5.01 Å². The summed E-state index contributed by atoms with van der Waals surface area (Å²) in [7, 11) is -3.13. The largest absolute Gasteiger partial charge is 0.591 e. The number of aliphatic hydroxyl groups excluding tert-OH is 3.